The van der Waals surface area contributed by atoms with Crippen LogP contribution in [0.25, 0.3) is 0 Å². The van der Waals surface area contributed by atoms with E-state index in [0.717, 1.165) is 24.5 Å². The number of halogens is 8. The molecule has 2 atom stereocenters. The van der Waals surface area contributed by atoms with Gasteiger partial charge in [0, 0.05) is 57.2 Å². The number of ether oxygens (including phenoxy) is 1. The predicted octanol–water partition coefficient (Wildman–Crippen LogP) is 6.60. The third-order valence-corrected chi connectivity index (χ3v) is 8.66. The summed E-state index contributed by atoms with van der Waals surface area (Å²) in [4.78, 5) is 31.7. The van der Waals surface area contributed by atoms with Gasteiger partial charge >= 0.3 is 12.4 Å². The first kappa shape index (κ1) is 33.4. The maximum Gasteiger partial charge on any atom is 0.416 e. The molecule has 2 aliphatic rings. The second kappa shape index (κ2) is 13.6. The van der Waals surface area contributed by atoms with E-state index in [9.17, 15) is 35.9 Å². The highest BCUT2D eigenvalue weighted by Crippen LogP contribution is 2.38. The van der Waals surface area contributed by atoms with Gasteiger partial charge in [-0.1, -0.05) is 29.3 Å². The molecule has 2 heterocycles. The summed E-state index contributed by atoms with van der Waals surface area (Å²) in [6.07, 6.45) is -9.00. The molecule has 6 nitrogen and oxygen atoms in total. The number of carbonyl (C=O) groups is 2. The minimum atomic E-state index is -5.09. The maximum atomic E-state index is 13.5. The van der Waals surface area contributed by atoms with Gasteiger partial charge in [-0.15, -0.1) is 0 Å². The lowest BCUT2D eigenvalue weighted by molar-refractivity contribution is -0.143. The number of nitrogens with zero attached hydrogens (tertiary/aromatic N) is 3. The first-order valence-corrected chi connectivity index (χ1v) is 14.5. The number of piperidine rings is 1. The smallest absolute Gasteiger partial charge is 0.379 e. The molecule has 0 unspecified atom stereocenters. The van der Waals surface area contributed by atoms with E-state index >= 15 is 0 Å². The number of likely N-dealkylation sites (tertiary alicyclic amines) is 1. The fraction of sp³-hybridized carbons (Fsp3) is 0.517. The summed E-state index contributed by atoms with van der Waals surface area (Å²) in [6.45, 7) is 4.08. The molecule has 2 aromatic rings. The van der Waals surface area contributed by atoms with Crippen LogP contribution in [0.2, 0.25) is 10.0 Å². The van der Waals surface area contributed by atoms with Crippen molar-refractivity contribution in [3.63, 3.8) is 0 Å². The SMILES string of the molecule is CN(C(=O)c1cc(C(F)(F)F)cc(C(F)(F)F)c1)[C@@H]1CCN(C(=O)CCCN2CCOCC2)C[C@H]1c1ccc(Cl)c(Cl)c1. The second-order valence-electron chi connectivity index (χ2n) is 10.7. The van der Waals surface area contributed by atoms with Gasteiger partial charge in [-0.3, -0.25) is 14.5 Å². The number of rotatable bonds is 7. The van der Waals surface area contributed by atoms with Gasteiger partial charge in [-0.25, -0.2) is 0 Å². The fourth-order valence-electron chi connectivity index (χ4n) is 5.57. The number of alkyl halides is 6. The summed E-state index contributed by atoms with van der Waals surface area (Å²) < 4.78 is 86.1. The summed E-state index contributed by atoms with van der Waals surface area (Å²) in [5.41, 5.74) is -3.25. The van der Waals surface area contributed by atoms with E-state index < -0.39 is 46.9 Å². The van der Waals surface area contributed by atoms with Crippen LogP contribution >= 0.6 is 23.2 Å². The minimum Gasteiger partial charge on any atom is -0.379 e. The largest absolute Gasteiger partial charge is 0.416 e. The van der Waals surface area contributed by atoms with Crippen molar-refractivity contribution in [3.8, 4) is 0 Å². The van der Waals surface area contributed by atoms with Crippen LogP contribution in [-0.2, 0) is 21.9 Å². The van der Waals surface area contributed by atoms with Crippen molar-refractivity contribution >= 4 is 35.0 Å². The van der Waals surface area contributed by atoms with Gasteiger partial charge in [-0.05, 0) is 55.3 Å². The van der Waals surface area contributed by atoms with Gasteiger partial charge in [-0.2, -0.15) is 26.3 Å². The van der Waals surface area contributed by atoms with Crippen LogP contribution in [0.15, 0.2) is 36.4 Å². The summed E-state index contributed by atoms with van der Waals surface area (Å²) in [7, 11) is 1.34. The van der Waals surface area contributed by atoms with Crippen LogP contribution in [0.5, 0.6) is 0 Å². The number of likely N-dealkylation sites (N-methyl/N-ethyl adjacent to an activating group) is 1. The third kappa shape index (κ3) is 8.34. The summed E-state index contributed by atoms with van der Waals surface area (Å²) >= 11 is 12.4. The number of hydrogen-bond donors (Lipinski definition) is 0. The van der Waals surface area contributed by atoms with E-state index in [1.165, 1.54) is 7.05 Å². The van der Waals surface area contributed by atoms with Crippen molar-refractivity contribution in [1.82, 2.24) is 14.7 Å². The molecule has 2 aromatic carbocycles. The topological polar surface area (TPSA) is 53.1 Å². The standard InChI is InChI=1S/C29H31Cl2F6N3O3/c1-38(27(42)19-13-20(28(32,33)34)16-21(14-19)29(35,36)37)25-6-8-40(17-22(25)18-4-5-23(30)24(31)15-18)26(41)3-2-7-39-9-11-43-12-10-39/h4-5,13-16,22,25H,2-3,6-12,17H2,1H3/t22-,25+/m0/s1. The fourth-order valence-corrected chi connectivity index (χ4v) is 5.88. The van der Waals surface area contributed by atoms with E-state index in [1.54, 1.807) is 23.1 Å². The monoisotopic (exact) mass is 653 g/mol. The molecule has 0 aliphatic carbocycles. The summed E-state index contributed by atoms with van der Waals surface area (Å²) in [5, 5.41) is 0.510. The van der Waals surface area contributed by atoms with E-state index in [2.05, 4.69) is 4.90 Å². The van der Waals surface area contributed by atoms with Crippen molar-refractivity contribution in [1.29, 1.82) is 0 Å². The summed E-state index contributed by atoms with van der Waals surface area (Å²) in [5.74, 6) is -1.62. The highest BCUT2D eigenvalue weighted by Gasteiger charge is 2.40. The van der Waals surface area contributed by atoms with E-state index in [4.69, 9.17) is 27.9 Å². The van der Waals surface area contributed by atoms with Crippen LogP contribution in [0, 0.1) is 0 Å². The van der Waals surface area contributed by atoms with E-state index in [0.29, 0.717) is 43.8 Å². The normalized spacial score (nSPS) is 20.3. The van der Waals surface area contributed by atoms with E-state index in [1.807, 2.05) is 0 Å². The Labute approximate surface area is 255 Å². The Morgan fingerprint density at radius 1 is 0.930 bits per heavy atom. The first-order valence-electron chi connectivity index (χ1n) is 13.7. The number of hydrogen-bond acceptors (Lipinski definition) is 4. The zero-order valence-corrected chi connectivity index (χ0v) is 24.8. The zero-order valence-electron chi connectivity index (χ0n) is 23.3. The van der Waals surface area contributed by atoms with E-state index in [-0.39, 0.29) is 41.5 Å². The van der Waals surface area contributed by atoms with Gasteiger partial charge in [0.1, 0.15) is 0 Å². The Bertz CT molecular complexity index is 1290. The average Bonchev–Trinajstić information content (AvgIpc) is 2.97. The molecule has 0 bridgehead atoms. The highest BCUT2D eigenvalue weighted by molar-refractivity contribution is 6.42. The molecule has 236 valence electrons. The molecular formula is C29H31Cl2F6N3O3. The van der Waals surface area contributed by atoms with Crippen LogP contribution in [0.4, 0.5) is 26.3 Å². The molecule has 2 amide bonds. The molecule has 0 spiro atoms. The quantitative estimate of drug-likeness (QED) is 0.316. The van der Waals surface area contributed by atoms with Crippen molar-refractivity contribution in [2.24, 2.45) is 0 Å². The lowest BCUT2D eigenvalue weighted by atomic mass is 9.84. The molecule has 0 N–H and O–H groups in total. The molecule has 43 heavy (non-hydrogen) atoms. The number of amides is 2. The van der Waals surface area contributed by atoms with Gasteiger partial charge in [0.2, 0.25) is 5.91 Å². The van der Waals surface area contributed by atoms with Crippen molar-refractivity contribution in [2.45, 2.75) is 43.6 Å². The summed E-state index contributed by atoms with van der Waals surface area (Å²) in [6, 6.07) is 5.01. The van der Waals surface area contributed by atoms with Crippen molar-refractivity contribution in [3.05, 3.63) is 68.7 Å². The Morgan fingerprint density at radius 3 is 2.14 bits per heavy atom. The molecule has 2 fully saturated rings. The first-order chi connectivity index (χ1) is 20.1. The predicted molar refractivity (Wildman–Crippen MR) is 149 cm³/mol. The molecular weight excluding hydrogens is 623 g/mol. The van der Waals surface area contributed by atoms with Crippen molar-refractivity contribution < 1.29 is 40.7 Å². The van der Waals surface area contributed by atoms with Crippen LogP contribution < -0.4 is 0 Å². The van der Waals surface area contributed by atoms with Crippen molar-refractivity contribution in [2.75, 3.05) is 53.0 Å². The number of benzene rings is 2. The Hall–Kier alpha value is -2.54. The second-order valence-corrected chi connectivity index (χ2v) is 11.6. The minimum absolute atomic E-state index is 0.0154. The van der Waals surface area contributed by atoms with Gasteiger partial charge in [0.15, 0.2) is 0 Å². The average molecular weight is 654 g/mol. The van der Waals surface area contributed by atoms with Gasteiger partial charge < -0.3 is 14.5 Å². The Balaban J connectivity index is 1.57. The molecule has 2 saturated heterocycles. The molecule has 0 saturated carbocycles. The Kier molecular flexibility index (Phi) is 10.6. The Morgan fingerprint density at radius 2 is 1.56 bits per heavy atom. The maximum absolute atomic E-state index is 13.5. The number of carbonyl (C=O) groups excluding carboxylic acids is 2. The lowest BCUT2D eigenvalue weighted by Gasteiger charge is -2.43. The van der Waals surface area contributed by atoms with Crippen LogP contribution in [-0.4, -0.2) is 85.5 Å². The van der Waals surface area contributed by atoms with Gasteiger partial charge in [0.05, 0.1) is 34.4 Å². The molecule has 0 radical (unpaired) electrons. The van der Waals surface area contributed by atoms with Crippen LogP contribution in [0.1, 0.15) is 52.2 Å². The highest BCUT2D eigenvalue weighted by atomic mass is 35.5. The third-order valence-electron chi connectivity index (χ3n) is 7.92. The van der Waals surface area contributed by atoms with Crippen LogP contribution in [0.3, 0.4) is 0 Å². The molecule has 4 rings (SSSR count). The lowest BCUT2D eigenvalue weighted by Crippen LogP contribution is -2.52. The number of morpholine rings is 1. The molecule has 14 heteroatoms. The zero-order chi connectivity index (χ0) is 31.5. The molecule has 2 aliphatic heterocycles. The van der Waals surface area contributed by atoms with Gasteiger partial charge in [0.25, 0.3) is 5.91 Å². The molecule has 0 aromatic heterocycles.